The van der Waals surface area contributed by atoms with Crippen molar-refractivity contribution in [1.29, 1.82) is 0 Å². The molecule has 0 fully saturated rings. The van der Waals surface area contributed by atoms with Crippen molar-refractivity contribution in [1.82, 2.24) is 4.98 Å². The first-order valence-corrected chi connectivity index (χ1v) is 12.5. The molecular formula is C25H23ClN2O3S2. The molecule has 33 heavy (non-hydrogen) atoms. The van der Waals surface area contributed by atoms with Crippen LogP contribution in [0.15, 0.2) is 71.6 Å². The number of rotatable bonds is 9. The first-order chi connectivity index (χ1) is 16.1. The maximum atomic E-state index is 13.4. The fourth-order valence-electron chi connectivity index (χ4n) is 3.34. The Balaban J connectivity index is 1.60. The summed E-state index contributed by atoms with van der Waals surface area (Å²) in [4.78, 5) is 21.0. The number of ether oxygens (including phenoxy) is 2. The van der Waals surface area contributed by atoms with Crippen molar-refractivity contribution in [2.24, 2.45) is 0 Å². The number of hydrogen-bond acceptors (Lipinski definition) is 6. The molecule has 5 nitrogen and oxygen atoms in total. The number of fused-ring (bicyclic) bond motifs is 1. The summed E-state index contributed by atoms with van der Waals surface area (Å²) < 4.78 is 11.9. The molecule has 0 aliphatic carbocycles. The largest absolute Gasteiger partial charge is 0.495 e. The molecule has 0 spiro atoms. The van der Waals surface area contributed by atoms with Crippen molar-refractivity contribution in [3.05, 3.63) is 77.3 Å². The highest BCUT2D eigenvalue weighted by Gasteiger charge is 2.22. The normalized spacial score (nSPS) is 10.9. The number of thioether (sulfide) groups is 1. The average molecular weight is 499 g/mol. The Labute approximate surface area is 206 Å². The molecule has 0 N–H and O–H groups in total. The second-order valence-electron chi connectivity index (χ2n) is 7.16. The van der Waals surface area contributed by atoms with E-state index in [2.05, 4.69) is 0 Å². The van der Waals surface area contributed by atoms with Gasteiger partial charge in [-0.05, 0) is 42.0 Å². The molecule has 0 bridgehead atoms. The molecule has 1 amide bonds. The maximum absolute atomic E-state index is 13.4. The van der Waals surface area contributed by atoms with Crippen molar-refractivity contribution in [2.75, 3.05) is 24.9 Å². The van der Waals surface area contributed by atoms with Crippen LogP contribution in [0.1, 0.15) is 12.0 Å². The fourth-order valence-corrected chi connectivity index (χ4v) is 5.40. The van der Waals surface area contributed by atoms with Crippen LogP contribution in [-0.4, -0.2) is 30.9 Å². The molecule has 1 aromatic heterocycles. The third-order valence-electron chi connectivity index (χ3n) is 5.01. The van der Waals surface area contributed by atoms with Crippen LogP contribution in [0.2, 0.25) is 5.02 Å². The lowest BCUT2D eigenvalue weighted by Gasteiger charge is -2.20. The lowest BCUT2D eigenvalue weighted by molar-refractivity contribution is -0.118. The van der Waals surface area contributed by atoms with Gasteiger partial charge in [-0.15, -0.1) is 11.8 Å². The van der Waals surface area contributed by atoms with Crippen molar-refractivity contribution < 1.29 is 14.3 Å². The molecule has 0 unspecified atom stereocenters. The van der Waals surface area contributed by atoms with E-state index in [0.717, 1.165) is 15.2 Å². The number of amides is 1. The number of nitrogens with zero attached hydrogens (tertiary/aromatic N) is 2. The third-order valence-corrected chi connectivity index (χ3v) is 7.37. The van der Waals surface area contributed by atoms with Gasteiger partial charge < -0.3 is 9.47 Å². The summed E-state index contributed by atoms with van der Waals surface area (Å²) in [5.41, 5.74) is 1.73. The number of thiazole rings is 1. The summed E-state index contributed by atoms with van der Waals surface area (Å²) >= 11 is 9.03. The van der Waals surface area contributed by atoms with Crippen molar-refractivity contribution in [3.63, 3.8) is 0 Å². The number of benzene rings is 3. The minimum absolute atomic E-state index is 0.0114. The zero-order chi connectivity index (χ0) is 23.2. The van der Waals surface area contributed by atoms with Crippen LogP contribution >= 0.6 is 34.7 Å². The second-order valence-corrected chi connectivity index (χ2v) is 9.74. The number of methoxy groups -OCH3 is 2. The smallest absolute Gasteiger partial charge is 0.229 e. The first kappa shape index (κ1) is 23.4. The first-order valence-electron chi connectivity index (χ1n) is 10.3. The van der Waals surface area contributed by atoms with Crippen molar-refractivity contribution in [3.8, 4) is 11.5 Å². The van der Waals surface area contributed by atoms with Gasteiger partial charge in [0.15, 0.2) is 5.13 Å². The molecule has 4 rings (SSSR count). The van der Waals surface area contributed by atoms with E-state index in [1.807, 2.05) is 66.7 Å². The minimum Gasteiger partial charge on any atom is -0.495 e. The van der Waals surface area contributed by atoms with Gasteiger partial charge in [0.1, 0.15) is 21.7 Å². The van der Waals surface area contributed by atoms with E-state index >= 15 is 0 Å². The van der Waals surface area contributed by atoms with Gasteiger partial charge in [-0.1, -0.05) is 53.3 Å². The van der Waals surface area contributed by atoms with Gasteiger partial charge in [-0.2, -0.15) is 0 Å². The monoisotopic (exact) mass is 498 g/mol. The van der Waals surface area contributed by atoms with Crippen LogP contribution in [0.4, 0.5) is 5.13 Å². The van der Waals surface area contributed by atoms with E-state index in [1.165, 1.54) is 11.3 Å². The topological polar surface area (TPSA) is 51.7 Å². The molecule has 0 saturated carbocycles. The highest BCUT2D eigenvalue weighted by atomic mass is 35.5. The Morgan fingerprint density at radius 3 is 2.39 bits per heavy atom. The maximum Gasteiger partial charge on any atom is 0.229 e. The average Bonchev–Trinajstić information content (AvgIpc) is 3.29. The van der Waals surface area contributed by atoms with E-state index < -0.39 is 0 Å². The summed E-state index contributed by atoms with van der Waals surface area (Å²) in [6.45, 7) is 0.440. The molecule has 8 heteroatoms. The van der Waals surface area contributed by atoms with Crippen LogP contribution in [0.5, 0.6) is 11.5 Å². The quantitative estimate of drug-likeness (QED) is 0.241. The predicted octanol–water partition coefficient (Wildman–Crippen LogP) is 6.68. The lowest BCUT2D eigenvalue weighted by atomic mass is 10.2. The lowest BCUT2D eigenvalue weighted by Crippen LogP contribution is -2.30. The van der Waals surface area contributed by atoms with Crippen LogP contribution in [0.3, 0.4) is 0 Å². The fraction of sp³-hybridized carbons (Fsp3) is 0.200. The number of halogens is 1. The molecule has 0 saturated heterocycles. The molecule has 1 heterocycles. The van der Waals surface area contributed by atoms with Gasteiger partial charge in [-0.3, -0.25) is 9.69 Å². The van der Waals surface area contributed by atoms with Gasteiger partial charge in [0, 0.05) is 22.1 Å². The van der Waals surface area contributed by atoms with Gasteiger partial charge in [0.2, 0.25) is 5.91 Å². The second kappa shape index (κ2) is 10.9. The van der Waals surface area contributed by atoms with E-state index in [0.29, 0.717) is 45.9 Å². The molecule has 0 atom stereocenters. The van der Waals surface area contributed by atoms with Gasteiger partial charge in [-0.25, -0.2) is 4.98 Å². The van der Waals surface area contributed by atoms with Gasteiger partial charge >= 0.3 is 0 Å². The number of hydrogen-bond donors (Lipinski definition) is 0. The van der Waals surface area contributed by atoms with Crippen LogP contribution in [0, 0.1) is 0 Å². The summed E-state index contributed by atoms with van der Waals surface area (Å²) in [5, 5.41) is 1.32. The zero-order valence-corrected chi connectivity index (χ0v) is 20.7. The van der Waals surface area contributed by atoms with Crippen molar-refractivity contribution in [2.45, 2.75) is 17.9 Å². The molecule has 0 aliphatic rings. The molecule has 3 aromatic carbocycles. The third kappa shape index (κ3) is 5.61. The minimum atomic E-state index is 0.0114. The van der Waals surface area contributed by atoms with Crippen LogP contribution in [0.25, 0.3) is 10.2 Å². The number of aromatic nitrogens is 1. The Morgan fingerprint density at radius 1 is 1.00 bits per heavy atom. The van der Waals surface area contributed by atoms with Gasteiger partial charge in [0.05, 0.1) is 20.8 Å². The zero-order valence-electron chi connectivity index (χ0n) is 18.3. The molecule has 170 valence electrons. The Hall–Kier alpha value is -2.74. The Morgan fingerprint density at radius 2 is 1.70 bits per heavy atom. The highest BCUT2D eigenvalue weighted by Crippen LogP contribution is 2.40. The number of carbonyl (C=O) groups is 1. The molecule has 4 aromatic rings. The number of carbonyl (C=O) groups excluding carboxylic acids is 1. The summed E-state index contributed by atoms with van der Waals surface area (Å²) in [6, 6.07) is 21.3. The van der Waals surface area contributed by atoms with E-state index in [4.69, 9.17) is 26.1 Å². The summed E-state index contributed by atoms with van der Waals surface area (Å²) in [5.74, 6) is 2.03. The Kier molecular flexibility index (Phi) is 7.75. The summed E-state index contributed by atoms with van der Waals surface area (Å²) in [6.07, 6.45) is 0.379. The molecule has 0 radical (unpaired) electrons. The van der Waals surface area contributed by atoms with Crippen molar-refractivity contribution >= 4 is 56.0 Å². The number of anilines is 1. The standard InChI is InChI=1S/C25H23ClN2O3S2/c1-30-20-12-13-21(31-2)24-23(20)27-25(33-24)28(16-17-6-4-3-5-7-17)22(29)14-15-32-19-10-8-18(26)9-11-19/h3-13H,14-16H2,1-2H3. The predicted molar refractivity (Wildman–Crippen MR) is 137 cm³/mol. The van der Waals surface area contributed by atoms with Crippen LogP contribution in [-0.2, 0) is 11.3 Å². The molecule has 0 aliphatic heterocycles. The molecular weight excluding hydrogens is 476 g/mol. The van der Waals surface area contributed by atoms with E-state index in [1.54, 1.807) is 30.9 Å². The van der Waals surface area contributed by atoms with E-state index in [-0.39, 0.29) is 5.91 Å². The van der Waals surface area contributed by atoms with Crippen LogP contribution < -0.4 is 14.4 Å². The van der Waals surface area contributed by atoms with Gasteiger partial charge in [0.25, 0.3) is 0 Å². The summed E-state index contributed by atoms with van der Waals surface area (Å²) in [7, 11) is 3.24. The van der Waals surface area contributed by atoms with E-state index in [9.17, 15) is 4.79 Å². The highest BCUT2D eigenvalue weighted by molar-refractivity contribution is 7.99. The Bertz CT molecular complexity index is 1190. The SMILES string of the molecule is COc1ccc(OC)c2sc(N(Cc3ccccc3)C(=O)CCSc3ccc(Cl)cc3)nc12.